The average Bonchev–Trinajstić information content (AvgIpc) is 2.55. The number of hydrogen-bond acceptors (Lipinski definition) is 4. The minimum atomic E-state index is -0.452. The normalized spacial score (nSPS) is 10.0. The van der Waals surface area contributed by atoms with Crippen molar-refractivity contribution >= 4 is 23.2 Å². The summed E-state index contributed by atoms with van der Waals surface area (Å²) in [4.78, 5) is 33.1. The molecule has 0 saturated carbocycles. The molecule has 24 heavy (non-hydrogen) atoms. The fourth-order valence-electron chi connectivity index (χ4n) is 2.07. The highest BCUT2D eigenvalue weighted by molar-refractivity contribution is 5.95. The fourth-order valence-corrected chi connectivity index (χ4v) is 2.07. The molecule has 0 spiro atoms. The van der Waals surface area contributed by atoms with Gasteiger partial charge in [-0.3, -0.25) is 14.9 Å². The van der Waals surface area contributed by atoms with Crippen LogP contribution in [0.5, 0.6) is 0 Å². The van der Waals surface area contributed by atoms with Crippen LogP contribution in [0.15, 0.2) is 48.5 Å². The molecule has 0 aromatic heterocycles. The Bertz CT molecular complexity index is 739. The van der Waals surface area contributed by atoms with Crippen LogP contribution >= 0.6 is 0 Å². The molecule has 0 radical (unpaired) electrons. The summed E-state index contributed by atoms with van der Waals surface area (Å²) in [6, 6.07) is 12.5. The Hall–Kier alpha value is -3.22. The Balaban J connectivity index is 1.78. The quantitative estimate of drug-likeness (QED) is 0.483. The minimum Gasteiger partial charge on any atom is -0.338 e. The molecule has 2 aromatic rings. The van der Waals surface area contributed by atoms with E-state index in [-0.39, 0.29) is 17.5 Å². The molecule has 0 heterocycles. The zero-order valence-electron chi connectivity index (χ0n) is 13.1. The highest BCUT2D eigenvalue weighted by Gasteiger charge is 2.05. The maximum absolute atomic E-state index is 11.8. The van der Waals surface area contributed by atoms with E-state index in [1.165, 1.54) is 19.1 Å². The van der Waals surface area contributed by atoms with Crippen molar-refractivity contribution < 1.29 is 14.5 Å². The fraction of sp³-hybridized carbons (Fsp3) is 0.176. The molecule has 0 aliphatic carbocycles. The van der Waals surface area contributed by atoms with Crippen molar-refractivity contribution in [2.24, 2.45) is 0 Å². The van der Waals surface area contributed by atoms with Crippen molar-refractivity contribution in [1.82, 2.24) is 5.32 Å². The van der Waals surface area contributed by atoms with Crippen LogP contribution in [0.2, 0.25) is 0 Å². The number of benzene rings is 2. The number of urea groups is 1. The van der Waals surface area contributed by atoms with E-state index in [1.54, 1.807) is 36.4 Å². The van der Waals surface area contributed by atoms with Crippen molar-refractivity contribution in [3.63, 3.8) is 0 Å². The van der Waals surface area contributed by atoms with Crippen LogP contribution in [-0.2, 0) is 6.42 Å². The van der Waals surface area contributed by atoms with Gasteiger partial charge in [0.2, 0.25) is 0 Å². The van der Waals surface area contributed by atoms with E-state index >= 15 is 0 Å². The number of non-ortho nitro benzene ring substituents is 1. The number of Topliss-reactive ketones (excluding diaryl/α,β-unsaturated/α-hetero) is 1. The van der Waals surface area contributed by atoms with Crippen LogP contribution in [0.1, 0.15) is 22.8 Å². The van der Waals surface area contributed by atoms with Gasteiger partial charge in [-0.1, -0.05) is 12.1 Å². The Morgan fingerprint density at radius 3 is 2.21 bits per heavy atom. The van der Waals surface area contributed by atoms with Gasteiger partial charge in [0.25, 0.3) is 5.69 Å². The van der Waals surface area contributed by atoms with E-state index in [2.05, 4.69) is 10.6 Å². The first-order chi connectivity index (χ1) is 11.5. The number of nitrogens with zero attached hydrogens (tertiary/aromatic N) is 1. The third-order valence-corrected chi connectivity index (χ3v) is 3.40. The number of nitro benzene ring substituents is 1. The topological polar surface area (TPSA) is 101 Å². The smallest absolute Gasteiger partial charge is 0.319 e. The van der Waals surface area contributed by atoms with E-state index in [0.29, 0.717) is 24.2 Å². The van der Waals surface area contributed by atoms with Crippen molar-refractivity contribution in [2.75, 3.05) is 11.9 Å². The summed E-state index contributed by atoms with van der Waals surface area (Å²) in [5.41, 5.74) is 2.11. The second kappa shape index (κ2) is 7.87. The van der Waals surface area contributed by atoms with E-state index in [0.717, 1.165) is 5.56 Å². The molecule has 2 amide bonds. The van der Waals surface area contributed by atoms with E-state index < -0.39 is 4.92 Å². The summed E-state index contributed by atoms with van der Waals surface area (Å²) in [6.45, 7) is 1.88. The number of anilines is 1. The molecule has 2 aromatic carbocycles. The van der Waals surface area contributed by atoms with Crippen LogP contribution in [0.4, 0.5) is 16.2 Å². The van der Waals surface area contributed by atoms with Gasteiger partial charge in [0.05, 0.1) is 4.92 Å². The zero-order valence-corrected chi connectivity index (χ0v) is 13.1. The predicted molar refractivity (Wildman–Crippen MR) is 90.3 cm³/mol. The van der Waals surface area contributed by atoms with Crippen molar-refractivity contribution in [3.8, 4) is 0 Å². The molecule has 7 heteroatoms. The van der Waals surface area contributed by atoms with Gasteiger partial charge in [-0.05, 0) is 43.2 Å². The van der Waals surface area contributed by atoms with E-state index in [1.807, 2.05) is 0 Å². The highest BCUT2D eigenvalue weighted by Crippen LogP contribution is 2.12. The lowest BCUT2D eigenvalue weighted by Gasteiger charge is -2.08. The molecule has 0 unspecified atom stereocenters. The number of hydrogen-bond donors (Lipinski definition) is 2. The van der Waals surface area contributed by atoms with Gasteiger partial charge in [0.15, 0.2) is 5.78 Å². The van der Waals surface area contributed by atoms with E-state index in [9.17, 15) is 19.7 Å². The van der Waals surface area contributed by atoms with Crippen LogP contribution in [0.3, 0.4) is 0 Å². The molecule has 0 bridgehead atoms. The third-order valence-electron chi connectivity index (χ3n) is 3.40. The Morgan fingerprint density at radius 1 is 1.04 bits per heavy atom. The molecule has 124 valence electrons. The van der Waals surface area contributed by atoms with Crippen LogP contribution < -0.4 is 10.6 Å². The Morgan fingerprint density at radius 2 is 1.67 bits per heavy atom. The number of ketones is 1. The average molecular weight is 327 g/mol. The Labute approximate surface area is 138 Å². The summed E-state index contributed by atoms with van der Waals surface area (Å²) in [6.07, 6.45) is 0.564. The molecule has 2 rings (SSSR count). The first kappa shape index (κ1) is 17.1. The largest absolute Gasteiger partial charge is 0.338 e. The first-order valence-electron chi connectivity index (χ1n) is 7.35. The van der Waals surface area contributed by atoms with E-state index in [4.69, 9.17) is 0 Å². The molecular weight excluding hydrogens is 310 g/mol. The number of amides is 2. The van der Waals surface area contributed by atoms with Gasteiger partial charge in [-0.25, -0.2) is 4.79 Å². The molecule has 7 nitrogen and oxygen atoms in total. The second-order valence-electron chi connectivity index (χ2n) is 5.19. The summed E-state index contributed by atoms with van der Waals surface area (Å²) in [5.74, 6) is -0.0332. The van der Waals surface area contributed by atoms with Gasteiger partial charge in [-0.2, -0.15) is 0 Å². The molecule has 0 fully saturated rings. The number of carbonyl (C=O) groups is 2. The molecule has 2 N–H and O–H groups in total. The van der Waals surface area contributed by atoms with Gasteiger partial charge < -0.3 is 10.6 Å². The number of rotatable bonds is 6. The highest BCUT2D eigenvalue weighted by atomic mass is 16.6. The lowest BCUT2D eigenvalue weighted by atomic mass is 10.1. The maximum Gasteiger partial charge on any atom is 0.319 e. The molecule has 0 saturated heterocycles. The SMILES string of the molecule is CC(=O)c1ccc(NC(=O)NCCc2ccc([N+](=O)[O-])cc2)cc1. The lowest BCUT2D eigenvalue weighted by molar-refractivity contribution is -0.384. The Kier molecular flexibility index (Phi) is 5.62. The van der Waals surface area contributed by atoms with Gasteiger partial charge in [0, 0.05) is 29.9 Å². The molecule has 0 aliphatic rings. The standard InChI is InChI=1S/C17H17N3O4/c1-12(21)14-4-6-15(7-5-14)19-17(22)18-11-10-13-2-8-16(9-3-13)20(23)24/h2-9H,10-11H2,1H3,(H2,18,19,22). The monoisotopic (exact) mass is 327 g/mol. The van der Waals surface area contributed by atoms with Crippen LogP contribution in [-0.4, -0.2) is 23.3 Å². The van der Waals surface area contributed by atoms with Crippen LogP contribution in [0.25, 0.3) is 0 Å². The maximum atomic E-state index is 11.8. The van der Waals surface area contributed by atoms with Gasteiger partial charge >= 0.3 is 6.03 Å². The van der Waals surface area contributed by atoms with Crippen molar-refractivity contribution in [1.29, 1.82) is 0 Å². The predicted octanol–water partition coefficient (Wildman–Crippen LogP) is 3.16. The molecule has 0 aliphatic heterocycles. The van der Waals surface area contributed by atoms with Gasteiger partial charge in [-0.15, -0.1) is 0 Å². The summed E-state index contributed by atoms with van der Waals surface area (Å²) in [7, 11) is 0. The summed E-state index contributed by atoms with van der Waals surface area (Å²) < 4.78 is 0. The first-order valence-corrected chi connectivity index (χ1v) is 7.35. The third kappa shape index (κ3) is 4.91. The number of nitro groups is 1. The number of nitrogens with one attached hydrogen (secondary N) is 2. The van der Waals surface area contributed by atoms with Crippen LogP contribution in [0, 0.1) is 10.1 Å². The summed E-state index contributed by atoms with van der Waals surface area (Å²) in [5, 5.41) is 15.9. The second-order valence-corrected chi connectivity index (χ2v) is 5.19. The minimum absolute atomic E-state index is 0.0332. The van der Waals surface area contributed by atoms with Crippen molar-refractivity contribution in [3.05, 3.63) is 69.8 Å². The lowest BCUT2D eigenvalue weighted by Crippen LogP contribution is -2.30. The number of carbonyl (C=O) groups excluding carboxylic acids is 2. The van der Waals surface area contributed by atoms with Crippen molar-refractivity contribution in [2.45, 2.75) is 13.3 Å². The molecular formula is C17H17N3O4. The zero-order chi connectivity index (χ0) is 17.5. The van der Waals surface area contributed by atoms with Gasteiger partial charge in [0.1, 0.15) is 0 Å². The molecule has 0 atom stereocenters. The summed E-state index contributed by atoms with van der Waals surface area (Å²) >= 11 is 0.